The number of carboxylic acid groups (broad SMARTS) is 1. The van der Waals surface area contributed by atoms with Crippen LogP contribution in [0.25, 0.3) is 0 Å². The van der Waals surface area contributed by atoms with Crippen LogP contribution in [0.3, 0.4) is 0 Å². The number of nitrogens with zero attached hydrogens (tertiary/aromatic N) is 2. The third-order valence-electron chi connectivity index (χ3n) is 3.63. The Kier molecular flexibility index (Phi) is 5.85. The number of piperazine rings is 1. The first-order valence-corrected chi connectivity index (χ1v) is 7.55. The van der Waals surface area contributed by atoms with Gasteiger partial charge in [-0.25, -0.2) is 4.79 Å². The van der Waals surface area contributed by atoms with Crippen molar-refractivity contribution in [1.29, 1.82) is 0 Å². The maximum absolute atomic E-state index is 11.1. The fourth-order valence-electron chi connectivity index (χ4n) is 2.48. The molecule has 1 aromatic rings. The number of hydrogen-bond acceptors (Lipinski definition) is 4. The molecule has 1 N–H and O–H groups in total. The SMILES string of the molecule is CCOC(CN1CCN(c2ccc(Cl)cc2)CC1)C(=O)O. The lowest BCUT2D eigenvalue weighted by Gasteiger charge is -2.37. The van der Waals surface area contributed by atoms with Gasteiger partial charge in [-0.05, 0) is 31.2 Å². The second kappa shape index (κ2) is 7.64. The molecule has 6 heteroatoms. The average Bonchev–Trinajstić information content (AvgIpc) is 2.48. The topological polar surface area (TPSA) is 53.0 Å². The molecule has 1 fully saturated rings. The minimum Gasteiger partial charge on any atom is -0.479 e. The second-order valence-electron chi connectivity index (χ2n) is 5.05. The molecule has 0 saturated carbocycles. The van der Waals surface area contributed by atoms with Crippen LogP contribution in [0, 0.1) is 0 Å². The maximum Gasteiger partial charge on any atom is 0.334 e. The molecule has 0 aliphatic carbocycles. The fourth-order valence-corrected chi connectivity index (χ4v) is 2.60. The van der Waals surface area contributed by atoms with Crippen molar-refractivity contribution in [2.75, 3.05) is 44.2 Å². The molecule has 1 heterocycles. The lowest BCUT2D eigenvalue weighted by atomic mass is 10.2. The van der Waals surface area contributed by atoms with Gasteiger partial charge in [-0.3, -0.25) is 4.90 Å². The summed E-state index contributed by atoms with van der Waals surface area (Å²) < 4.78 is 5.26. The first kappa shape index (κ1) is 16.1. The standard InChI is InChI=1S/C15H21ClN2O3/c1-2-21-14(15(19)20)11-17-7-9-18(10-8-17)13-5-3-12(16)4-6-13/h3-6,14H,2,7-11H2,1H3,(H,19,20). The van der Waals surface area contributed by atoms with Crippen LogP contribution in [0.2, 0.25) is 5.02 Å². The Balaban J connectivity index is 1.85. The minimum absolute atomic E-state index is 0.418. The van der Waals surface area contributed by atoms with Crippen molar-refractivity contribution in [1.82, 2.24) is 4.90 Å². The molecule has 116 valence electrons. The molecule has 1 aliphatic heterocycles. The first-order valence-electron chi connectivity index (χ1n) is 7.17. The Morgan fingerprint density at radius 2 is 1.90 bits per heavy atom. The molecular formula is C15H21ClN2O3. The molecule has 0 bridgehead atoms. The molecule has 2 rings (SSSR count). The van der Waals surface area contributed by atoms with Crippen molar-refractivity contribution < 1.29 is 14.6 Å². The summed E-state index contributed by atoms with van der Waals surface area (Å²) in [6.07, 6.45) is -0.739. The molecule has 0 spiro atoms. The van der Waals surface area contributed by atoms with Gasteiger partial charge >= 0.3 is 5.97 Å². The normalized spacial score (nSPS) is 17.7. The van der Waals surface area contributed by atoms with E-state index in [0.29, 0.717) is 13.2 Å². The second-order valence-corrected chi connectivity index (χ2v) is 5.48. The van der Waals surface area contributed by atoms with Gasteiger partial charge < -0.3 is 14.7 Å². The van der Waals surface area contributed by atoms with Crippen LogP contribution in [0.15, 0.2) is 24.3 Å². The minimum atomic E-state index is -0.892. The molecule has 1 unspecified atom stereocenters. The van der Waals surface area contributed by atoms with Crippen molar-refractivity contribution in [3.05, 3.63) is 29.3 Å². The van der Waals surface area contributed by atoms with E-state index >= 15 is 0 Å². The molecule has 0 aromatic heterocycles. The molecule has 5 nitrogen and oxygen atoms in total. The van der Waals surface area contributed by atoms with Crippen molar-refractivity contribution in [2.45, 2.75) is 13.0 Å². The molecule has 1 aromatic carbocycles. The fraction of sp³-hybridized carbons (Fsp3) is 0.533. The average molecular weight is 313 g/mol. The van der Waals surface area contributed by atoms with Gasteiger partial charge in [0.15, 0.2) is 6.10 Å². The third kappa shape index (κ3) is 4.59. The zero-order valence-electron chi connectivity index (χ0n) is 12.2. The van der Waals surface area contributed by atoms with Crippen LogP contribution in [0.1, 0.15) is 6.92 Å². The monoisotopic (exact) mass is 312 g/mol. The first-order chi connectivity index (χ1) is 10.1. The molecule has 1 aliphatic rings. The number of ether oxygens (including phenoxy) is 1. The van der Waals surface area contributed by atoms with E-state index in [1.54, 1.807) is 0 Å². The molecule has 0 radical (unpaired) electrons. The van der Waals surface area contributed by atoms with Crippen LogP contribution in [0.5, 0.6) is 0 Å². The number of benzene rings is 1. The third-order valence-corrected chi connectivity index (χ3v) is 3.88. The Morgan fingerprint density at radius 1 is 1.29 bits per heavy atom. The molecule has 1 atom stereocenters. The highest BCUT2D eigenvalue weighted by Gasteiger charge is 2.24. The summed E-state index contributed by atoms with van der Waals surface area (Å²) in [5.74, 6) is -0.892. The highest BCUT2D eigenvalue weighted by atomic mass is 35.5. The molecule has 0 amide bonds. The summed E-state index contributed by atoms with van der Waals surface area (Å²) in [5.41, 5.74) is 1.15. The summed E-state index contributed by atoms with van der Waals surface area (Å²) in [7, 11) is 0. The Bertz CT molecular complexity index is 458. The van der Waals surface area contributed by atoms with Crippen molar-refractivity contribution in [3.8, 4) is 0 Å². The van der Waals surface area contributed by atoms with Gasteiger partial charge in [-0.1, -0.05) is 11.6 Å². The van der Waals surface area contributed by atoms with E-state index in [1.165, 1.54) is 0 Å². The van der Waals surface area contributed by atoms with Gasteiger partial charge in [-0.15, -0.1) is 0 Å². The zero-order chi connectivity index (χ0) is 15.2. The summed E-state index contributed by atoms with van der Waals surface area (Å²) >= 11 is 5.89. The van der Waals surface area contributed by atoms with Crippen LogP contribution >= 0.6 is 11.6 Å². The Morgan fingerprint density at radius 3 is 2.43 bits per heavy atom. The van der Waals surface area contributed by atoms with E-state index in [9.17, 15) is 4.79 Å². The van der Waals surface area contributed by atoms with Crippen LogP contribution in [0.4, 0.5) is 5.69 Å². The number of rotatable bonds is 6. The van der Waals surface area contributed by atoms with Gasteiger partial charge in [0.2, 0.25) is 0 Å². The lowest BCUT2D eigenvalue weighted by molar-refractivity contribution is -0.151. The number of anilines is 1. The number of halogens is 1. The van der Waals surface area contributed by atoms with E-state index in [1.807, 2.05) is 31.2 Å². The maximum atomic E-state index is 11.1. The largest absolute Gasteiger partial charge is 0.479 e. The highest BCUT2D eigenvalue weighted by Crippen LogP contribution is 2.19. The van der Waals surface area contributed by atoms with Gasteiger partial charge in [-0.2, -0.15) is 0 Å². The van der Waals surface area contributed by atoms with Crippen molar-refractivity contribution in [2.24, 2.45) is 0 Å². The van der Waals surface area contributed by atoms with Gasteiger partial charge in [0.1, 0.15) is 0 Å². The van der Waals surface area contributed by atoms with Crippen LogP contribution in [-0.2, 0) is 9.53 Å². The smallest absolute Gasteiger partial charge is 0.334 e. The van der Waals surface area contributed by atoms with E-state index in [-0.39, 0.29) is 0 Å². The predicted molar refractivity (Wildman–Crippen MR) is 83.2 cm³/mol. The summed E-state index contributed by atoms with van der Waals surface area (Å²) in [6.45, 7) is 6.09. The quantitative estimate of drug-likeness (QED) is 0.870. The zero-order valence-corrected chi connectivity index (χ0v) is 12.9. The molecule has 21 heavy (non-hydrogen) atoms. The summed E-state index contributed by atoms with van der Waals surface area (Å²) in [4.78, 5) is 15.5. The number of aliphatic carboxylic acids is 1. The van der Waals surface area contributed by atoms with Gasteiger partial charge in [0, 0.05) is 50.0 Å². The number of carboxylic acids is 1. The Hall–Kier alpha value is -1.30. The van der Waals surface area contributed by atoms with E-state index in [0.717, 1.165) is 36.9 Å². The van der Waals surface area contributed by atoms with Gasteiger partial charge in [0.25, 0.3) is 0 Å². The summed E-state index contributed by atoms with van der Waals surface area (Å²) in [6, 6.07) is 7.80. The predicted octanol–water partition coefficient (Wildman–Crippen LogP) is 1.95. The van der Waals surface area contributed by atoms with Gasteiger partial charge in [0.05, 0.1) is 0 Å². The van der Waals surface area contributed by atoms with Crippen LogP contribution < -0.4 is 4.90 Å². The van der Waals surface area contributed by atoms with E-state index in [2.05, 4.69) is 9.80 Å². The number of hydrogen-bond donors (Lipinski definition) is 1. The van der Waals surface area contributed by atoms with E-state index in [4.69, 9.17) is 21.4 Å². The highest BCUT2D eigenvalue weighted by molar-refractivity contribution is 6.30. The van der Waals surface area contributed by atoms with Crippen LogP contribution in [-0.4, -0.2) is 61.4 Å². The van der Waals surface area contributed by atoms with Crippen molar-refractivity contribution >= 4 is 23.3 Å². The van der Waals surface area contributed by atoms with E-state index < -0.39 is 12.1 Å². The van der Waals surface area contributed by atoms with Crippen molar-refractivity contribution in [3.63, 3.8) is 0 Å². The number of carbonyl (C=O) groups is 1. The molecule has 1 saturated heterocycles. The molecular weight excluding hydrogens is 292 g/mol. The Labute approximate surface area is 130 Å². The summed E-state index contributed by atoms with van der Waals surface area (Å²) in [5, 5.41) is 9.85. The lowest BCUT2D eigenvalue weighted by Crippen LogP contribution is -2.50.